The van der Waals surface area contributed by atoms with Crippen LogP contribution in [0.25, 0.3) is 0 Å². The molecule has 6 nitrogen and oxygen atoms in total. The zero-order valence-corrected chi connectivity index (χ0v) is 16.9. The molecule has 3 rings (SSSR count). The fourth-order valence-corrected chi connectivity index (χ4v) is 3.46. The van der Waals surface area contributed by atoms with Crippen molar-refractivity contribution in [2.45, 2.75) is 18.9 Å². The molecule has 150 valence electrons. The summed E-state index contributed by atoms with van der Waals surface area (Å²) >= 11 is 0. The van der Waals surface area contributed by atoms with Crippen LogP contribution in [0.4, 0.5) is 0 Å². The number of methoxy groups -OCH3 is 4. The molecule has 2 atom stereocenters. The standard InChI is InChI=1S/C22H26O6/c1-7-8-27-18-12-16-15(11-17(18)23-3)13(2)21(28-16)14-9-19(24-4)22(26-6)20(10-14)25-5/h7,9-13,21H,1,8H2,2-6H3/t13-,21-/m0/s1. The summed E-state index contributed by atoms with van der Waals surface area (Å²) in [5.74, 6) is 3.90. The van der Waals surface area contributed by atoms with Gasteiger partial charge in [0.2, 0.25) is 5.75 Å². The predicted molar refractivity (Wildman–Crippen MR) is 107 cm³/mol. The van der Waals surface area contributed by atoms with Crippen molar-refractivity contribution in [2.75, 3.05) is 35.0 Å². The maximum absolute atomic E-state index is 6.28. The largest absolute Gasteiger partial charge is 0.493 e. The first-order valence-corrected chi connectivity index (χ1v) is 9.00. The zero-order chi connectivity index (χ0) is 20.3. The average Bonchev–Trinajstić information content (AvgIpc) is 3.05. The Morgan fingerprint density at radius 2 is 1.54 bits per heavy atom. The Morgan fingerprint density at radius 3 is 2.07 bits per heavy atom. The maximum Gasteiger partial charge on any atom is 0.203 e. The normalized spacial score (nSPS) is 17.3. The van der Waals surface area contributed by atoms with Crippen LogP contribution in [0.1, 0.15) is 30.1 Å². The lowest BCUT2D eigenvalue weighted by atomic mass is 9.92. The predicted octanol–water partition coefficient (Wildman–Crippen LogP) is 4.52. The van der Waals surface area contributed by atoms with Crippen molar-refractivity contribution in [3.63, 3.8) is 0 Å². The van der Waals surface area contributed by atoms with E-state index in [1.807, 2.05) is 24.3 Å². The third kappa shape index (κ3) is 3.42. The van der Waals surface area contributed by atoms with Gasteiger partial charge in [0, 0.05) is 23.1 Å². The Labute approximate surface area is 165 Å². The Hall–Kier alpha value is -3.02. The minimum absolute atomic E-state index is 0.0974. The van der Waals surface area contributed by atoms with Crippen LogP contribution in [-0.4, -0.2) is 35.0 Å². The molecule has 1 aliphatic rings. The number of hydrogen-bond acceptors (Lipinski definition) is 6. The zero-order valence-electron chi connectivity index (χ0n) is 16.9. The van der Waals surface area contributed by atoms with Gasteiger partial charge in [-0.05, 0) is 18.2 Å². The van der Waals surface area contributed by atoms with Crippen molar-refractivity contribution in [3.8, 4) is 34.5 Å². The Morgan fingerprint density at radius 1 is 0.893 bits per heavy atom. The molecule has 0 unspecified atom stereocenters. The van der Waals surface area contributed by atoms with Gasteiger partial charge in [0.1, 0.15) is 18.5 Å². The molecule has 2 aromatic carbocycles. The lowest BCUT2D eigenvalue weighted by molar-refractivity contribution is 0.213. The summed E-state index contributed by atoms with van der Waals surface area (Å²) < 4.78 is 33.9. The van der Waals surface area contributed by atoms with Crippen LogP contribution in [0.15, 0.2) is 36.9 Å². The topological polar surface area (TPSA) is 55.4 Å². The van der Waals surface area contributed by atoms with Gasteiger partial charge in [0.25, 0.3) is 0 Å². The molecule has 0 aliphatic carbocycles. The van der Waals surface area contributed by atoms with Crippen molar-refractivity contribution in [1.29, 1.82) is 0 Å². The fourth-order valence-electron chi connectivity index (χ4n) is 3.46. The number of benzene rings is 2. The molecule has 1 heterocycles. The van der Waals surface area contributed by atoms with Crippen LogP contribution < -0.4 is 28.4 Å². The molecule has 0 N–H and O–H groups in total. The lowest BCUT2D eigenvalue weighted by Crippen LogP contribution is -2.08. The molecule has 0 saturated heterocycles. The van der Waals surface area contributed by atoms with Crippen LogP contribution in [0, 0.1) is 0 Å². The van der Waals surface area contributed by atoms with Crippen molar-refractivity contribution in [2.24, 2.45) is 0 Å². The van der Waals surface area contributed by atoms with Gasteiger partial charge in [-0.15, -0.1) is 0 Å². The van der Waals surface area contributed by atoms with Crippen molar-refractivity contribution < 1.29 is 28.4 Å². The SMILES string of the molecule is C=CCOc1cc2c(cc1OC)[C@H](C)[C@@H](c1cc(OC)c(OC)c(OC)c1)O2. The molecule has 0 saturated carbocycles. The van der Waals surface area contributed by atoms with Gasteiger partial charge < -0.3 is 28.4 Å². The Balaban J connectivity index is 2.00. The van der Waals surface area contributed by atoms with E-state index in [2.05, 4.69) is 13.5 Å². The minimum atomic E-state index is -0.205. The highest BCUT2D eigenvalue weighted by Crippen LogP contribution is 2.51. The first-order chi connectivity index (χ1) is 13.6. The highest BCUT2D eigenvalue weighted by atomic mass is 16.5. The molecule has 6 heteroatoms. The van der Waals surface area contributed by atoms with E-state index in [1.54, 1.807) is 34.5 Å². The summed E-state index contributed by atoms with van der Waals surface area (Å²) in [6.07, 6.45) is 1.48. The van der Waals surface area contributed by atoms with Gasteiger partial charge >= 0.3 is 0 Å². The molecular formula is C22H26O6. The second-order valence-electron chi connectivity index (χ2n) is 6.43. The minimum Gasteiger partial charge on any atom is -0.493 e. The fraction of sp³-hybridized carbons (Fsp3) is 0.364. The van der Waals surface area contributed by atoms with Gasteiger partial charge in [-0.3, -0.25) is 0 Å². The third-order valence-corrected chi connectivity index (χ3v) is 4.87. The summed E-state index contributed by atoms with van der Waals surface area (Å²) in [7, 11) is 6.41. The second-order valence-corrected chi connectivity index (χ2v) is 6.43. The molecule has 0 amide bonds. The van der Waals surface area contributed by atoms with E-state index < -0.39 is 0 Å². The van der Waals surface area contributed by atoms with Gasteiger partial charge in [0.15, 0.2) is 23.0 Å². The molecular weight excluding hydrogens is 360 g/mol. The number of ether oxygens (including phenoxy) is 6. The van der Waals surface area contributed by atoms with Crippen molar-refractivity contribution in [1.82, 2.24) is 0 Å². The van der Waals surface area contributed by atoms with E-state index in [0.29, 0.717) is 35.4 Å². The van der Waals surface area contributed by atoms with Gasteiger partial charge in [0.05, 0.1) is 28.4 Å². The number of rotatable bonds is 8. The van der Waals surface area contributed by atoms with Crippen LogP contribution in [0.5, 0.6) is 34.5 Å². The molecule has 0 fully saturated rings. The van der Waals surface area contributed by atoms with E-state index in [1.165, 1.54) is 0 Å². The monoisotopic (exact) mass is 386 g/mol. The molecule has 2 aromatic rings. The molecule has 0 radical (unpaired) electrons. The summed E-state index contributed by atoms with van der Waals surface area (Å²) in [4.78, 5) is 0. The third-order valence-electron chi connectivity index (χ3n) is 4.87. The first-order valence-electron chi connectivity index (χ1n) is 9.00. The van der Waals surface area contributed by atoms with Crippen LogP contribution in [-0.2, 0) is 0 Å². The number of fused-ring (bicyclic) bond motifs is 1. The quantitative estimate of drug-likeness (QED) is 0.622. The molecule has 0 spiro atoms. The van der Waals surface area contributed by atoms with Crippen molar-refractivity contribution >= 4 is 0 Å². The summed E-state index contributed by atoms with van der Waals surface area (Å²) in [5, 5.41) is 0. The summed E-state index contributed by atoms with van der Waals surface area (Å²) in [6, 6.07) is 7.67. The number of hydrogen-bond donors (Lipinski definition) is 0. The Bertz CT molecular complexity index is 835. The average molecular weight is 386 g/mol. The maximum atomic E-state index is 6.28. The summed E-state index contributed by atoms with van der Waals surface area (Å²) in [6.45, 7) is 6.19. The van der Waals surface area contributed by atoms with Gasteiger partial charge in [-0.2, -0.15) is 0 Å². The van der Waals surface area contributed by atoms with E-state index in [-0.39, 0.29) is 12.0 Å². The van der Waals surface area contributed by atoms with Crippen LogP contribution in [0.3, 0.4) is 0 Å². The molecule has 0 bridgehead atoms. The van der Waals surface area contributed by atoms with Crippen LogP contribution in [0.2, 0.25) is 0 Å². The highest BCUT2D eigenvalue weighted by molar-refractivity contribution is 5.58. The van der Waals surface area contributed by atoms with E-state index in [0.717, 1.165) is 16.9 Å². The second kappa shape index (κ2) is 8.33. The van der Waals surface area contributed by atoms with E-state index in [9.17, 15) is 0 Å². The van der Waals surface area contributed by atoms with Gasteiger partial charge in [-0.1, -0.05) is 19.6 Å². The van der Waals surface area contributed by atoms with E-state index in [4.69, 9.17) is 28.4 Å². The summed E-state index contributed by atoms with van der Waals surface area (Å²) in [5.41, 5.74) is 1.99. The van der Waals surface area contributed by atoms with Gasteiger partial charge in [-0.25, -0.2) is 0 Å². The first kappa shape index (κ1) is 19.7. The van der Waals surface area contributed by atoms with Crippen molar-refractivity contribution in [3.05, 3.63) is 48.0 Å². The molecule has 0 aromatic heterocycles. The molecule has 28 heavy (non-hydrogen) atoms. The smallest absolute Gasteiger partial charge is 0.203 e. The van der Waals surface area contributed by atoms with Crippen LogP contribution >= 0.6 is 0 Å². The lowest BCUT2D eigenvalue weighted by Gasteiger charge is -2.19. The highest BCUT2D eigenvalue weighted by Gasteiger charge is 2.35. The molecule has 1 aliphatic heterocycles. The van der Waals surface area contributed by atoms with E-state index >= 15 is 0 Å². The Kier molecular flexibility index (Phi) is 5.87.